The second kappa shape index (κ2) is 9.43. The fourth-order valence-electron chi connectivity index (χ4n) is 4.08. The largest absolute Gasteiger partial charge is 0.334 e. The first-order chi connectivity index (χ1) is 18.6. The molecule has 0 aliphatic heterocycles. The summed E-state index contributed by atoms with van der Waals surface area (Å²) in [4.78, 5) is 49.7. The van der Waals surface area contributed by atoms with Gasteiger partial charge in [0.1, 0.15) is 5.69 Å². The molecule has 0 fully saturated rings. The van der Waals surface area contributed by atoms with Crippen LogP contribution in [0.15, 0.2) is 111 Å². The summed E-state index contributed by atoms with van der Waals surface area (Å²) >= 11 is 0. The van der Waals surface area contributed by atoms with Gasteiger partial charge in [-0.25, -0.2) is 9.36 Å². The second-order valence-electron chi connectivity index (χ2n) is 8.30. The van der Waals surface area contributed by atoms with E-state index in [1.807, 2.05) is 6.07 Å². The Kier molecular flexibility index (Phi) is 5.66. The van der Waals surface area contributed by atoms with Crippen molar-refractivity contribution in [1.82, 2.24) is 24.7 Å². The predicted octanol–water partition coefficient (Wildman–Crippen LogP) is 4.04. The number of benzene rings is 3. The SMILES string of the molecule is O=C(Nc1ccccc1-c1noc(-c2ccc3c(=O)n(-c4ccccc4)c(=O)[nH]c3c2)n1)c1ccccn1. The highest BCUT2D eigenvalue weighted by molar-refractivity contribution is 6.04. The molecule has 0 atom stereocenters. The van der Waals surface area contributed by atoms with E-state index in [1.165, 1.54) is 0 Å². The third-order valence-corrected chi connectivity index (χ3v) is 5.90. The molecule has 10 nitrogen and oxygen atoms in total. The molecule has 0 radical (unpaired) electrons. The number of aromatic amines is 1. The Hall–Kier alpha value is -5.64. The minimum atomic E-state index is -0.561. The van der Waals surface area contributed by atoms with E-state index < -0.39 is 11.2 Å². The van der Waals surface area contributed by atoms with Gasteiger partial charge in [-0.1, -0.05) is 41.6 Å². The Bertz CT molecular complexity index is 1910. The summed E-state index contributed by atoms with van der Waals surface area (Å²) in [6.07, 6.45) is 1.54. The number of amides is 1. The molecule has 3 aromatic heterocycles. The molecule has 0 saturated heterocycles. The first kappa shape index (κ1) is 22.8. The van der Waals surface area contributed by atoms with E-state index >= 15 is 0 Å². The van der Waals surface area contributed by atoms with Crippen LogP contribution < -0.4 is 16.6 Å². The summed E-state index contributed by atoms with van der Waals surface area (Å²) in [7, 11) is 0. The highest BCUT2D eigenvalue weighted by Gasteiger charge is 2.17. The number of carbonyl (C=O) groups is 1. The molecule has 0 aliphatic rings. The fourth-order valence-corrected chi connectivity index (χ4v) is 4.08. The Labute approximate surface area is 214 Å². The first-order valence-corrected chi connectivity index (χ1v) is 11.6. The van der Waals surface area contributed by atoms with Crippen LogP contribution in [0, 0.1) is 0 Å². The normalized spacial score (nSPS) is 10.9. The molecule has 1 amide bonds. The van der Waals surface area contributed by atoms with Crippen LogP contribution in [0.2, 0.25) is 0 Å². The summed E-state index contributed by atoms with van der Waals surface area (Å²) in [6.45, 7) is 0. The molecule has 0 spiro atoms. The average Bonchev–Trinajstić information content (AvgIpc) is 3.44. The summed E-state index contributed by atoms with van der Waals surface area (Å²) in [5.41, 5.74) is 1.63. The maximum absolute atomic E-state index is 13.1. The van der Waals surface area contributed by atoms with Gasteiger partial charge in [0.2, 0.25) is 5.82 Å². The van der Waals surface area contributed by atoms with Gasteiger partial charge in [0.25, 0.3) is 17.4 Å². The van der Waals surface area contributed by atoms with E-state index in [0.29, 0.717) is 33.4 Å². The van der Waals surface area contributed by atoms with Crippen molar-refractivity contribution in [3.63, 3.8) is 0 Å². The van der Waals surface area contributed by atoms with Crippen molar-refractivity contribution in [2.24, 2.45) is 0 Å². The van der Waals surface area contributed by atoms with E-state index in [9.17, 15) is 14.4 Å². The lowest BCUT2D eigenvalue weighted by Gasteiger charge is -2.08. The summed E-state index contributed by atoms with van der Waals surface area (Å²) < 4.78 is 6.58. The Morgan fingerprint density at radius 1 is 0.895 bits per heavy atom. The molecule has 10 heteroatoms. The van der Waals surface area contributed by atoms with Crippen LogP contribution in [-0.4, -0.2) is 30.6 Å². The number of para-hydroxylation sites is 2. The number of carbonyl (C=O) groups excluding carboxylic acids is 1. The number of anilines is 1. The van der Waals surface area contributed by atoms with Gasteiger partial charge in [-0.05, 0) is 54.6 Å². The quantitative estimate of drug-likeness (QED) is 0.363. The van der Waals surface area contributed by atoms with Crippen LogP contribution in [-0.2, 0) is 0 Å². The number of pyridine rings is 1. The van der Waals surface area contributed by atoms with Crippen LogP contribution in [0.25, 0.3) is 39.4 Å². The van der Waals surface area contributed by atoms with Gasteiger partial charge in [-0.3, -0.25) is 14.6 Å². The zero-order valence-corrected chi connectivity index (χ0v) is 19.7. The lowest BCUT2D eigenvalue weighted by molar-refractivity contribution is 0.102. The molecule has 6 rings (SSSR count). The smallest absolute Gasteiger partial charge is 0.333 e. The minimum Gasteiger partial charge on any atom is -0.334 e. The zero-order chi connectivity index (χ0) is 26.1. The molecule has 0 aliphatic carbocycles. The van der Waals surface area contributed by atoms with Gasteiger partial charge < -0.3 is 14.8 Å². The molecule has 184 valence electrons. The van der Waals surface area contributed by atoms with Gasteiger partial charge in [-0.15, -0.1) is 0 Å². The van der Waals surface area contributed by atoms with Crippen LogP contribution >= 0.6 is 0 Å². The van der Waals surface area contributed by atoms with E-state index in [4.69, 9.17) is 4.52 Å². The number of nitrogens with one attached hydrogen (secondary N) is 2. The molecule has 0 saturated carbocycles. The second-order valence-corrected chi connectivity index (χ2v) is 8.30. The number of hydrogen-bond donors (Lipinski definition) is 2. The summed E-state index contributed by atoms with van der Waals surface area (Å²) in [5, 5.41) is 7.24. The van der Waals surface area contributed by atoms with Gasteiger partial charge in [0.15, 0.2) is 0 Å². The van der Waals surface area contributed by atoms with Gasteiger partial charge in [0, 0.05) is 17.3 Å². The van der Waals surface area contributed by atoms with Crippen LogP contribution in [0.3, 0.4) is 0 Å². The van der Waals surface area contributed by atoms with Crippen LogP contribution in [0.1, 0.15) is 10.5 Å². The molecule has 0 bridgehead atoms. The maximum atomic E-state index is 13.1. The number of rotatable bonds is 5. The Morgan fingerprint density at radius 2 is 1.68 bits per heavy atom. The van der Waals surface area contributed by atoms with E-state index in [-0.39, 0.29) is 23.3 Å². The van der Waals surface area contributed by atoms with Gasteiger partial charge in [0.05, 0.1) is 22.3 Å². The monoisotopic (exact) mass is 502 g/mol. The predicted molar refractivity (Wildman–Crippen MR) is 141 cm³/mol. The van der Waals surface area contributed by atoms with Crippen molar-refractivity contribution in [3.8, 4) is 28.5 Å². The molecule has 0 unspecified atom stereocenters. The molecule has 6 aromatic rings. The Morgan fingerprint density at radius 3 is 2.50 bits per heavy atom. The van der Waals surface area contributed by atoms with Gasteiger partial charge in [-0.2, -0.15) is 4.98 Å². The Balaban J connectivity index is 1.34. The van der Waals surface area contributed by atoms with Crippen molar-refractivity contribution in [1.29, 1.82) is 0 Å². The highest BCUT2D eigenvalue weighted by Crippen LogP contribution is 2.29. The first-order valence-electron chi connectivity index (χ1n) is 11.6. The lowest BCUT2D eigenvalue weighted by atomic mass is 10.1. The molecular formula is C28H18N6O4. The number of fused-ring (bicyclic) bond motifs is 1. The lowest BCUT2D eigenvalue weighted by Crippen LogP contribution is -2.33. The van der Waals surface area contributed by atoms with E-state index in [0.717, 1.165) is 4.57 Å². The summed E-state index contributed by atoms with van der Waals surface area (Å²) in [5.74, 6) is 0.0623. The molecule has 3 heterocycles. The third kappa shape index (κ3) is 4.16. The highest BCUT2D eigenvalue weighted by atomic mass is 16.5. The van der Waals surface area contributed by atoms with Crippen molar-refractivity contribution >= 4 is 22.5 Å². The molecular weight excluding hydrogens is 484 g/mol. The van der Waals surface area contributed by atoms with Gasteiger partial charge >= 0.3 is 5.69 Å². The average molecular weight is 502 g/mol. The molecule has 38 heavy (non-hydrogen) atoms. The standard InChI is InChI=1S/C28H18N6O4/c35-25(22-12-6-7-15-29-22)30-21-11-5-4-10-19(21)24-32-26(38-33-24)17-13-14-20-23(16-17)31-28(37)34(27(20)36)18-8-2-1-3-9-18/h1-16H,(H,30,35)(H,31,37). The number of hydrogen-bond acceptors (Lipinski definition) is 7. The molecule has 2 N–H and O–H groups in total. The topological polar surface area (TPSA) is 136 Å². The zero-order valence-electron chi connectivity index (χ0n) is 19.7. The minimum absolute atomic E-state index is 0.181. The third-order valence-electron chi connectivity index (χ3n) is 5.90. The van der Waals surface area contributed by atoms with Crippen molar-refractivity contribution in [2.45, 2.75) is 0 Å². The number of aromatic nitrogens is 5. The molecule has 3 aromatic carbocycles. The maximum Gasteiger partial charge on any atom is 0.333 e. The summed E-state index contributed by atoms with van der Waals surface area (Å²) in [6, 6.07) is 25.7. The fraction of sp³-hybridized carbons (Fsp3) is 0. The number of H-pyrrole nitrogens is 1. The number of nitrogens with zero attached hydrogens (tertiary/aromatic N) is 4. The van der Waals surface area contributed by atoms with Crippen molar-refractivity contribution in [3.05, 3.63) is 124 Å². The van der Waals surface area contributed by atoms with E-state index in [1.54, 1.807) is 91.1 Å². The van der Waals surface area contributed by atoms with Crippen LogP contribution in [0.4, 0.5) is 5.69 Å². The van der Waals surface area contributed by atoms with Crippen molar-refractivity contribution < 1.29 is 9.32 Å². The van der Waals surface area contributed by atoms with E-state index in [2.05, 4.69) is 25.4 Å². The van der Waals surface area contributed by atoms with Crippen LogP contribution in [0.5, 0.6) is 0 Å². The van der Waals surface area contributed by atoms with Crippen molar-refractivity contribution in [2.75, 3.05) is 5.32 Å².